The summed E-state index contributed by atoms with van der Waals surface area (Å²) in [6.07, 6.45) is 4.82. The number of hydrogen-bond donors (Lipinski definition) is 0. The second kappa shape index (κ2) is 7.11. The number of rotatable bonds is 2. The SMILES string of the molecule is O=C(c1cccc(F)c1)N1CCC(C(=O)N2CCCCC2)CC1. The van der Waals surface area contributed by atoms with Crippen LogP contribution in [0, 0.1) is 11.7 Å². The molecule has 0 radical (unpaired) electrons. The van der Waals surface area contributed by atoms with Crippen molar-refractivity contribution in [2.45, 2.75) is 32.1 Å². The summed E-state index contributed by atoms with van der Waals surface area (Å²) >= 11 is 0. The van der Waals surface area contributed by atoms with E-state index in [9.17, 15) is 14.0 Å². The van der Waals surface area contributed by atoms with Crippen molar-refractivity contribution in [2.75, 3.05) is 26.2 Å². The van der Waals surface area contributed by atoms with Crippen molar-refractivity contribution in [3.05, 3.63) is 35.6 Å². The molecule has 0 aliphatic carbocycles. The van der Waals surface area contributed by atoms with E-state index in [0.29, 0.717) is 31.5 Å². The summed E-state index contributed by atoms with van der Waals surface area (Å²) in [5, 5.41) is 0. The van der Waals surface area contributed by atoms with Gasteiger partial charge in [-0.05, 0) is 50.3 Å². The highest BCUT2D eigenvalue weighted by Gasteiger charge is 2.31. The Morgan fingerprint density at radius 3 is 2.30 bits per heavy atom. The number of carbonyl (C=O) groups excluding carboxylic acids is 2. The quantitative estimate of drug-likeness (QED) is 0.841. The van der Waals surface area contributed by atoms with Gasteiger partial charge < -0.3 is 9.80 Å². The Hall–Kier alpha value is -1.91. The fourth-order valence-corrected chi connectivity index (χ4v) is 3.51. The van der Waals surface area contributed by atoms with E-state index < -0.39 is 5.82 Å². The second-order valence-corrected chi connectivity index (χ2v) is 6.46. The van der Waals surface area contributed by atoms with Crippen LogP contribution >= 0.6 is 0 Å². The minimum absolute atomic E-state index is 0.0321. The molecular formula is C18H23FN2O2. The van der Waals surface area contributed by atoms with Gasteiger partial charge in [-0.25, -0.2) is 4.39 Å². The molecule has 4 nitrogen and oxygen atoms in total. The highest BCUT2D eigenvalue weighted by molar-refractivity contribution is 5.94. The zero-order chi connectivity index (χ0) is 16.2. The van der Waals surface area contributed by atoms with Gasteiger partial charge >= 0.3 is 0 Å². The van der Waals surface area contributed by atoms with Gasteiger partial charge in [-0.2, -0.15) is 0 Å². The van der Waals surface area contributed by atoms with Gasteiger partial charge in [0.1, 0.15) is 5.82 Å². The lowest BCUT2D eigenvalue weighted by Crippen LogP contribution is -2.45. The van der Waals surface area contributed by atoms with Gasteiger partial charge in [0, 0.05) is 37.7 Å². The van der Waals surface area contributed by atoms with Crippen LogP contribution in [0.25, 0.3) is 0 Å². The van der Waals surface area contributed by atoms with Crippen LogP contribution in [-0.2, 0) is 4.79 Å². The standard InChI is InChI=1S/C18H23FN2O2/c19-16-6-4-5-15(13-16)18(23)21-11-7-14(8-12-21)17(22)20-9-2-1-3-10-20/h4-6,13-14H,1-3,7-12H2. The molecule has 1 aromatic carbocycles. The summed E-state index contributed by atoms with van der Waals surface area (Å²) in [5.41, 5.74) is 0.380. The Bertz CT molecular complexity index is 576. The predicted molar refractivity (Wildman–Crippen MR) is 85.5 cm³/mol. The Morgan fingerprint density at radius 1 is 0.957 bits per heavy atom. The molecule has 5 heteroatoms. The zero-order valence-electron chi connectivity index (χ0n) is 13.3. The first-order valence-electron chi connectivity index (χ1n) is 8.49. The number of carbonyl (C=O) groups is 2. The number of piperidine rings is 2. The molecule has 2 aliphatic rings. The molecule has 1 aromatic rings. The van der Waals surface area contributed by atoms with Crippen LogP contribution in [0.4, 0.5) is 4.39 Å². The number of hydrogen-bond acceptors (Lipinski definition) is 2. The molecule has 3 rings (SSSR count). The Kier molecular flexibility index (Phi) is 4.94. The minimum atomic E-state index is -0.397. The number of nitrogens with zero attached hydrogens (tertiary/aromatic N) is 2. The summed E-state index contributed by atoms with van der Waals surface area (Å²) in [6.45, 7) is 2.89. The molecule has 23 heavy (non-hydrogen) atoms. The number of amides is 2. The van der Waals surface area contributed by atoms with Gasteiger partial charge in [0.25, 0.3) is 5.91 Å². The largest absolute Gasteiger partial charge is 0.342 e. The average molecular weight is 318 g/mol. The van der Waals surface area contributed by atoms with E-state index in [0.717, 1.165) is 25.9 Å². The summed E-state index contributed by atoms with van der Waals surface area (Å²) in [6, 6.07) is 5.79. The molecule has 0 aromatic heterocycles. The van der Waals surface area contributed by atoms with Gasteiger partial charge in [-0.15, -0.1) is 0 Å². The topological polar surface area (TPSA) is 40.6 Å². The maximum absolute atomic E-state index is 13.2. The summed E-state index contributed by atoms with van der Waals surface area (Å²) < 4.78 is 13.2. The summed E-state index contributed by atoms with van der Waals surface area (Å²) in [4.78, 5) is 28.6. The van der Waals surface area contributed by atoms with E-state index >= 15 is 0 Å². The average Bonchev–Trinajstić information content (AvgIpc) is 2.61. The Balaban J connectivity index is 1.55. The third kappa shape index (κ3) is 3.71. The van der Waals surface area contributed by atoms with Crippen molar-refractivity contribution in [1.29, 1.82) is 0 Å². The Morgan fingerprint density at radius 2 is 1.65 bits per heavy atom. The molecule has 124 valence electrons. The Labute approximate surface area is 136 Å². The first-order chi connectivity index (χ1) is 11.1. The van der Waals surface area contributed by atoms with E-state index in [2.05, 4.69) is 0 Å². The summed E-state index contributed by atoms with van der Waals surface area (Å²) in [7, 11) is 0. The first kappa shape index (κ1) is 16.0. The molecule has 2 saturated heterocycles. The lowest BCUT2D eigenvalue weighted by Gasteiger charge is -2.35. The fourth-order valence-electron chi connectivity index (χ4n) is 3.51. The van der Waals surface area contributed by atoms with Crippen molar-refractivity contribution in [1.82, 2.24) is 9.80 Å². The molecule has 2 fully saturated rings. The molecule has 0 spiro atoms. The second-order valence-electron chi connectivity index (χ2n) is 6.46. The van der Waals surface area contributed by atoms with Crippen molar-refractivity contribution in [3.8, 4) is 0 Å². The van der Waals surface area contributed by atoms with Gasteiger partial charge in [-0.1, -0.05) is 6.07 Å². The molecule has 0 unspecified atom stereocenters. The maximum atomic E-state index is 13.2. The van der Waals surface area contributed by atoms with Gasteiger partial charge in [0.05, 0.1) is 0 Å². The molecule has 0 bridgehead atoms. The van der Waals surface area contributed by atoms with Gasteiger partial charge in [0.2, 0.25) is 5.91 Å². The monoisotopic (exact) mass is 318 g/mol. The van der Waals surface area contributed by atoms with Crippen LogP contribution in [-0.4, -0.2) is 47.8 Å². The normalized spacial score (nSPS) is 19.7. The van der Waals surface area contributed by atoms with Crippen molar-refractivity contribution < 1.29 is 14.0 Å². The molecule has 2 amide bonds. The van der Waals surface area contributed by atoms with Crippen LogP contribution in [0.3, 0.4) is 0 Å². The molecule has 0 N–H and O–H groups in total. The lowest BCUT2D eigenvalue weighted by atomic mass is 9.94. The third-order valence-corrected chi connectivity index (χ3v) is 4.87. The maximum Gasteiger partial charge on any atom is 0.253 e. The number of benzene rings is 1. The number of halogens is 1. The lowest BCUT2D eigenvalue weighted by molar-refractivity contribution is -0.137. The van der Waals surface area contributed by atoms with Crippen molar-refractivity contribution in [3.63, 3.8) is 0 Å². The van der Waals surface area contributed by atoms with Crippen LogP contribution in [0.15, 0.2) is 24.3 Å². The number of likely N-dealkylation sites (tertiary alicyclic amines) is 2. The van der Waals surface area contributed by atoms with Crippen LogP contribution in [0.1, 0.15) is 42.5 Å². The van der Waals surface area contributed by atoms with E-state index in [1.54, 1.807) is 17.0 Å². The molecule has 0 saturated carbocycles. The zero-order valence-corrected chi connectivity index (χ0v) is 13.3. The van der Waals surface area contributed by atoms with E-state index in [4.69, 9.17) is 0 Å². The van der Waals surface area contributed by atoms with Gasteiger partial charge in [-0.3, -0.25) is 9.59 Å². The highest BCUT2D eigenvalue weighted by Crippen LogP contribution is 2.23. The van der Waals surface area contributed by atoms with Crippen molar-refractivity contribution in [2.24, 2.45) is 5.92 Å². The third-order valence-electron chi connectivity index (χ3n) is 4.87. The van der Waals surface area contributed by atoms with E-state index in [-0.39, 0.29) is 17.7 Å². The predicted octanol–water partition coefficient (Wildman–Crippen LogP) is 2.69. The van der Waals surface area contributed by atoms with Crippen LogP contribution in [0.2, 0.25) is 0 Å². The first-order valence-corrected chi connectivity index (χ1v) is 8.49. The highest BCUT2D eigenvalue weighted by atomic mass is 19.1. The molecule has 2 aliphatic heterocycles. The van der Waals surface area contributed by atoms with Gasteiger partial charge in [0.15, 0.2) is 0 Å². The van der Waals surface area contributed by atoms with Crippen molar-refractivity contribution >= 4 is 11.8 Å². The summed E-state index contributed by atoms with van der Waals surface area (Å²) in [5.74, 6) is -0.258. The van der Waals surface area contributed by atoms with Crippen LogP contribution in [0.5, 0.6) is 0 Å². The van der Waals surface area contributed by atoms with E-state index in [1.807, 2.05) is 4.90 Å². The fraction of sp³-hybridized carbons (Fsp3) is 0.556. The molecular weight excluding hydrogens is 295 g/mol. The smallest absolute Gasteiger partial charge is 0.253 e. The minimum Gasteiger partial charge on any atom is -0.342 e. The molecule has 0 atom stereocenters. The molecule has 2 heterocycles. The van der Waals surface area contributed by atoms with E-state index in [1.165, 1.54) is 18.6 Å². The van der Waals surface area contributed by atoms with Crippen LogP contribution < -0.4 is 0 Å².